The molecule has 0 atom stereocenters. The number of carboxylic acid groups (broad SMARTS) is 1. The summed E-state index contributed by atoms with van der Waals surface area (Å²) in [4.78, 5) is 11.3. The van der Waals surface area contributed by atoms with Crippen molar-refractivity contribution in [2.75, 3.05) is 0 Å². The molecular formula is C17H17FO2. The molecule has 0 radical (unpaired) electrons. The number of aromatic carboxylic acids is 1. The van der Waals surface area contributed by atoms with Crippen molar-refractivity contribution in [2.45, 2.75) is 26.7 Å². The molecule has 2 aromatic rings. The highest BCUT2D eigenvalue weighted by Crippen LogP contribution is 2.29. The van der Waals surface area contributed by atoms with E-state index < -0.39 is 11.8 Å². The monoisotopic (exact) mass is 272 g/mol. The molecule has 0 amide bonds. The first-order valence-electron chi connectivity index (χ1n) is 6.71. The third kappa shape index (κ3) is 2.72. The summed E-state index contributed by atoms with van der Waals surface area (Å²) in [5.41, 5.74) is 3.66. The molecule has 2 rings (SSSR count). The van der Waals surface area contributed by atoms with Gasteiger partial charge >= 0.3 is 5.97 Å². The molecule has 0 heterocycles. The topological polar surface area (TPSA) is 37.3 Å². The number of carboxylic acids is 1. The van der Waals surface area contributed by atoms with Crippen LogP contribution in [0.2, 0.25) is 0 Å². The zero-order chi connectivity index (χ0) is 14.7. The van der Waals surface area contributed by atoms with Gasteiger partial charge in [-0.05, 0) is 47.2 Å². The largest absolute Gasteiger partial charge is 0.478 e. The van der Waals surface area contributed by atoms with Crippen molar-refractivity contribution in [3.63, 3.8) is 0 Å². The Morgan fingerprint density at radius 2 is 1.80 bits per heavy atom. The summed E-state index contributed by atoms with van der Waals surface area (Å²) in [5.74, 6) is -1.64. The van der Waals surface area contributed by atoms with Crippen LogP contribution in [0.3, 0.4) is 0 Å². The molecule has 0 aliphatic carbocycles. The van der Waals surface area contributed by atoms with Gasteiger partial charge in [0, 0.05) is 0 Å². The second kappa shape index (κ2) is 5.87. The van der Waals surface area contributed by atoms with Gasteiger partial charge < -0.3 is 5.11 Å². The maximum Gasteiger partial charge on any atom is 0.336 e. The van der Waals surface area contributed by atoms with Crippen LogP contribution < -0.4 is 0 Å². The van der Waals surface area contributed by atoms with E-state index in [1.807, 2.05) is 32.0 Å². The van der Waals surface area contributed by atoms with Crippen LogP contribution in [0.1, 0.15) is 35.3 Å². The van der Waals surface area contributed by atoms with Gasteiger partial charge in [0.25, 0.3) is 0 Å². The lowest BCUT2D eigenvalue weighted by atomic mass is 9.92. The van der Waals surface area contributed by atoms with Crippen LogP contribution in [0.5, 0.6) is 0 Å². The molecule has 2 nitrogen and oxygen atoms in total. The molecule has 0 aliphatic heterocycles. The van der Waals surface area contributed by atoms with Crippen LogP contribution in [0, 0.1) is 5.82 Å². The fourth-order valence-corrected chi connectivity index (χ4v) is 2.33. The normalized spacial score (nSPS) is 10.6. The lowest BCUT2D eigenvalue weighted by molar-refractivity contribution is 0.0697. The number of benzene rings is 2. The van der Waals surface area contributed by atoms with Gasteiger partial charge in [0.15, 0.2) is 0 Å². The first-order chi connectivity index (χ1) is 9.56. The van der Waals surface area contributed by atoms with Crippen molar-refractivity contribution < 1.29 is 14.3 Å². The molecule has 0 aliphatic rings. The highest BCUT2D eigenvalue weighted by atomic mass is 19.1. The highest BCUT2D eigenvalue weighted by molar-refractivity contribution is 5.96. The second-order valence-electron chi connectivity index (χ2n) is 4.69. The Bertz CT molecular complexity index is 647. The molecule has 0 unspecified atom stereocenters. The van der Waals surface area contributed by atoms with Crippen molar-refractivity contribution in [2.24, 2.45) is 0 Å². The van der Waals surface area contributed by atoms with Crippen molar-refractivity contribution in [1.29, 1.82) is 0 Å². The number of rotatable bonds is 4. The van der Waals surface area contributed by atoms with Crippen LogP contribution in [-0.2, 0) is 12.8 Å². The minimum atomic E-state index is -1.11. The lowest BCUT2D eigenvalue weighted by Gasteiger charge is -2.13. The summed E-state index contributed by atoms with van der Waals surface area (Å²) in [7, 11) is 0. The Balaban J connectivity index is 2.69. The van der Waals surface area contributed by atoms with Crippen LogP contribution in [-0.4, -0.2) is 11.1 Å². The molecule has 0 saturated heterocycles. The van der Waals surface area contributed by atoms with E-state index in [2.05, 4.69) is 0 Å². The summed E-state index contributed by atoms with van der Waals surface area (Å²) < 4.78 is 13.3. The quantitative estimate of drug-likeness (QED) is 0.900. The van der Waals surface area contributed by atoms with E-state index in [0.717, 1.165) is 35.6 Å². The Hall–Kier alpha value is -2.16. The minimum Gasteiger partial charge on any atom is -0.478 e. The fraction of sp³-hybridized carbons (Fsp3) is 0.235. The molecule has 2 aromatic carbocycles. The molecule has 0 saturated carbocycles. The SMILES string of the molecule is CCc1ccc(CC)c(-c2ccc(F)cc2C(=O)O)c1. The van der Waals surface area contributed by atoms with Crippen LogP contribution in [0.4, 0.5) is 4.39 Å². The van der Waals surface area contributed by atoms with E-state index in [0.29, 0.717) is 5.56 Å². The lowest BCUT2D eigenvalue weighted by Crippen LogP contribution is -2.02. The maximum absolute atomic E-state index is 13.3. The van der Waals surface area contributed by atoms with Gasteiger partial charge in [-0.3, -0.25) is 0 Å². The Morgan fingerprint density at radius 1 is 1.05 bits per heavy atom. The van der Waals surface area contributed by atoms with Crippen molar-refractivity contribution in [3.05, 3.63) is 58.9 Å². The van der Waals surface area contributed by atoms with E-state index in [4.69, 9.17) is 0 Å². The van der Waals surface area contributed by atoms with E-state index >= 15 is 0 Å². The average Bonchev–Trinajstić information content (AvgIpc) is 2.46. The smallest absolute Gasteiger partial charge is 0.336 e. The molecule has 0 spiro atoms. The summed E-state index contributed by atoms with van der Waals surface area (Å²) in [6.07, 6.45) is 1.68. The molecule has 104 valence electrons. The Kier molecular flexibility index (Phi) is 4.18. The number of hydrogen-bond acceptors (Lipinski definition) is 1. The summed E-state index contributed by atoms with van der Waals surface area (Å²) in [6, 6.07) is 10.00. The maximum atomic E-state index is 13.3. The van der Waals surface area contributed by atoms with Gasteiger partial charge in [0.05, 0.1) is 5.56 Å². The van der Waals surface area contributed by atoms with E-state index in [1.165, 1.54) is 6.07 Å². The molecular weight excluding hydrogens is 255 g/mol. The van der Waals surface area contributed by atoms with Gasteiger partial charge in [-0.1, -0.05) is 38.1 Å². The second-order valence-corrected chi connectivity index (χ2v) is 4.69. The molecule has 1 N–H and O–H groups in total. The number of hydrogen-bond donors (Lipinski definition) is 1. The zero-order valence-corrected chi connectivity index (χ0v) is 11.6. The fourth-order valence-electron chi connectivity index (χ4n) is 2.33. The van der Waals surface area contributed by atoms with Crippen LogP contribution >= 0.6 is 0 Å². The van der Waals surface area contributed by atoms with Gasteiger partial charge in [-0.15, -0.1) is 0 Å². The van der Waals surface area contributed by atoms with Crippen molar-refractivity contribution in [3.8, 4) is 11.1 Å². The molecule has 3 heteroatoms. The number of aryl methyl sites for hydroxylation is 2. The first kappa shape index (κ1) is 14.3. The van der Waals surface area contributed by atoms with Gasteiger partial charge in [-0.2, -0.15) is 0 Å². The minimum absolute atomic E-state index is 0.00736. The predicted octanol–water partition coefficient (Wildman–Crippen LogP) is 4.32. The van der Waals surface area contributed by atoms with Gasteiger partial charge in [-0.25, -0.2) is 9.18 Å². The van der Waals surface area contributed by atoms with Crippen LogP contribution in [0.15, 0.2) is 36.4 Å². The average molecular weight is 272 g/mol. The summed E-state index contributed by atoms with van der Waals surface area (Å²) >= 11 is 0. The third-order valence-corrected chi connectivity index (χ3v) is 3.47. The van der Waals surface area contributed by atoms with Crippen molar-refractivity contribution >= 4 is 5.97 Å². The van der Waals surface area contributed by atoms with Crippen molar-refractivity contribution in [1.82, 2.24) is 0 Å². The van der Waals surface area contributed by atoms with E-state index in [9.17, 15) is 14.3 Å². The van der Waals surface area contributed by atoms with Gasteiger partial charge in [0.2, 0.25) is 0 Å². The predicted molar refractivity (Wildman–Crippen MR) is 77.6 cm³/mol. The Labute approximate surface area is 117 Å². The Morgan fingerprint density at radius 3 is 2.40 bits per heavy atom. The first-order valence-corrected chi connectivity index (χ1v) is 6.71. The standard InChI is InChI=1S/C17H17FO2/c1-3-11-5-6-12(4-2)15(9-11)14-8-7-13(18)10-16(14)17(19)20/h5-10H,3-4H2,1-2H3,(H,19,20). The molecule has 0 bridgehead atoms. The van der Waals surface area contributed by atoms with E-state index in [1.54, 1.807) is 6.07 Å². The number of halogens is 1. The summed E-state index contributed by atoms with van der Waals surface area (Å²) in [6.45, 7) is 4.07. The zero-order valence-electron chi connectivity index (χ0n) is 11.6. The molecule has 0 fully saturated rings. The van der Waals surface area contributed by atoms with Gasteiger partial charge in [0.1, 0.15) is 5.82 Å². The number of carbonyl (C=O) groups is 1. The highest BCUT2D eigenvalue weighted by Gasteiger charge is 2.15. The van der Waals surface area contributed by atoms with E-state index in [-0.39, 0.29) is 5.56 Å². The third-order valence-electron chi connectivity index (χ3n) is 3.47. The summed E-state index contributed by atoms with van der Waals surface area (Å²) in [5, 5.41) is 9.27. The van der Waals surface area contributed by atoms with Crippen LogP contribution in [0.25, 0.3) is 11.1 Å². The molecule has 0 aromatic heterocycles. The molecule has 20 heavy (non-hydrogen) atoms.